The molecule has 68 valence electrons. The van der Waals surface area contributed by atoms with Gasteiger partial charge in [-0.1, -0.05) is 0 Å². The summed E-state index contributed by atoms with van der Waals surface area (Å²) in [6, 6.07) is 0. The van der Waals surface area contributed by atoms with Gasteiger partial charge in [-0.15, -0.1) is 6.42 Å². The summed E-state index contributed by atoms with van der Waals surface area (Å²) in [7, 11) is 2.25. The molecule has 4 heteroatoms. The van der Waals surface area contributed by atoms with Gasteiger partial charge in [-0.05, 0) is 0 Å². The largest absolute Gasteiger partial charge is 4.00 e. The van der Waals surface area contributed by atoms with Crippen molar-refractivity contribution in [1.29, 1.82) is 0 Å². The van der Waals surface area contributed by atoms with E-state index in [0.29, 0.717) is 0 Å². The van der Waals surface area contributed by atoms with Crippen molar-refractivity contribution in [2.75, 3.05) is 21.3 Å². The zero-order valence-electron chi connectivity index (χ0n) is 7.66. The Hall–Kier alpha value is 0.243. The Morgan fingerprint density at radius 2 is 1.42 bits per heavy atom. The molecule has 12 heavy (non-hydrogen) atoms. The summed E-state index contributed by atoms with van der Waals surface area (Å²) in [6.07, 6.45) is 10.0. The summed E-state index contributed by atoms with van der Waals surface area (Å²) >= 11 is 0. The van der Waals surface area contributed by atoms with Gasteiger partial charge in [0.25, 0.3) is 0 Å². The third-order valence-corrected chi connectivity index (χ3v) is 0.586. The maximum atomic E-state index is 8.25. The van der Waals surface area contributed by atoms with Crippen LogP contribution in [0.5, 0.6) is 0 Å². The van der Waals surface area contributed by atoms with E-state index in [4.69, 9.17) is 15.3 Å². The molecule has 1 aliphatic rings. The van der Waals surface area contributed by atoms with Gasteiger partial charge in [-0.2, -0.15) is 27.4 Å². The molecule has 0 radical (unpaired) electrons. The molecule has 0 N–H and O–H groups in total. The van der Waals surface area contributed by atoms with Gasteiger partial charge in [-0.3, -0.25) is 6.08 Å². The van der Waals surface area contributed by atoms with Gasteiger partial charge >= 0.3 is 26.2 Å². The zero-order chi connectivity index (χ0) is 9.54. The van der Waals surface area contributed by atoms with Crippen molar-refractivity contribution in [3.05, 3.63) is 24.3 Å². The number of rotatable bonds is 0. The Morgan fingerprint density at radius 1 is 1.00 bits per heavy atom. The van der Waals surface area contributed by atoms with Gasteiger partial charge in [0, 0.05) is 0 Å². The molecule has 0 heterocycles. The van der Waals surface area contributed by atoms with Crippen LogP contribution in [-0.2, 0) is 26.2 Å². The van der Waals surface area contributed by atoms with Gasteiger partial charge in [0.15, 0.2) is 0 Å². The molecule has 0 bridgehead atoms. The Bertz CT molecular complexity index is 72.4. The number of hydrogen-bond acceptors (Lipinski definition) is 3. The van der Waals surface area contributed by atoms with Crippen molar-refractivity contribution >= 4 is 0 Å². The normalized spacial score (nSPS) is 8.83. The Morgan fingerprint density at radius 3 is 1.50 bits per heavy atom. The van der Waals surface area contributed by atoms with Crippen LogP contribution in [0.2, 0.25) is 0 Å². The minimum Gasteiger partial charge on any atom is -0.857 e. The van der Waals surface area contributed by atoms with Gasteiger partial charge in [-0.25, -0.2) is 12.2 Å². The van der Waals surface area contributed by atoms with Crippen molar-refractivity contribution < 1.29 is 41.5 Å². The fourth-order valence-corrected chi connectivity index (χ4v) is 0.340. The number of allylic oxidation sites excluding steroid dienone is 4. The van der Waals surface area contributed by atoms with Gasteiger partial charge in [0.1, 0.15) is 0 Å². The van der Waals surface area contributed by atoms with Crippen LogP contribution in [-0.4, -0.2) is 21.3 Å². The Kier molecular flexibility index (Phi) is 81.4. The molecule has 0 saturated carbocycles. The Labute approximate surface area is 93.6 Å². The van der Waals surface area contributed by atoms with Crippen LogP contribution in [0.4, 0.5) is 0 Å². The second kappa shape index (κ2) is 42.9. The van der Waals surface area contributed by atoms with E-state index < -0.39 is 0 Å². The molecule has 0 fully saturated rings. The van der Waals surface area contributed by atoms with Crippen LogP contribution in [0, 0.1) is 6.08 Å². The van der Waals surface area contributed by atoms with E-state index in [1.165, 1.54) is 0 Å². The third kappa shape index (κ3) is 31.8. The first kappa shape index (κ1) is 22.8. The van der Waals surface area contributed by atoms with E-state index in [-0.39, 0.29) is 26.2 Å². The van der Waals surface area contributed by atoms with E-state index >= 15 is 0 Å². The fraction of sp³-hybridized carbons (Fsp3) is 0.500. The van der Waals surface area contributed by atoms with E-state index in [9.17, 15) is 0 Å². The van der Waals surface area contributed by atoms with Crippen LogP contribution in [0.1, 0.15) is 6.42 Å². The Balaban J connectivity index is -0.0000000406. The minimum atomic E-state index is 0. The summed E-state index contributed by atoms with van der Waals surface area (Å²) in [5.41, 5.74) is 0. The van der Waals surface area contributed by atoms with Crippen LogP contribution < -0.4 is 15.3 Å². The molecular formula is C8H14O3Zr. The molecule has 3 nitrogen and oxygen atoms in total. The first-order chi connectivity index (χ1) is 5.50. The van der Waals surface area contributed by atoms with Crippen LogP contribution in [0.3, 0.4) is 0 Å². The summed E-state index contributed by atoms with van der Waals surface area (Å²) < 4.78 is 0. The minimum absolute atomic E-state index is 0. The van der Waals surface area contributed by atoms with E-state index in [2.05, 4.69) is 12.2 Å². The van der Waals surface area contributed by atoms with Gasteiger partial charge < -0.3 is 15.3 Å². The second-order valence-corrected chi connectivity index (χ2v) is 1.00. The molecule has 0 aliphatic heterocycles. The predicted molar refractivity (Wildman–Crippen MR) is 39.3 cm³/mol. The monoisotopic (exact) mass is 248 g/mol. The predicted octanol–water partition coefficient (Wildman–Crippen LogP) is -1.77. The number of hydrogen-bond donors (Lipinski definition) is 0. The van der Waals surface area contributed by atoms with Crippen molar-refractivity contribution in [2.45, 2.75) is 6.42 Å². The summed E-state index contributed by atoms with van der Waals surface area (Å²) in [5, 5.41) is 24.8. The van der Waals surface area contributed by atoms with E-state index in [1.807, 2.05) is 12.2 Å². The molecular weight excluding hydrogens is 235 g/mol. The first-order valence-corrected chi connectivity index (χ1v) is 2.94. The second-order valence-electron chi connectivity index (χ2n) is 1.00. The van der Waals surface area contributed by atoms with Crippen LogP contribution in [0.25, 0.3) is 0 Å². The standard InChI is InChI=1S/C5H5.3CH3O.Zr/c1-2-4-5-3-1;3*1-2;/h1-3H,4H2;3*1H3;/q4*-1;+4. The summed E-state index contributed by atoms with van der Waals surface area (Å²) in [5.74, 6) is 0. The molecule has 1 rings (SSSR count). The topological polar surface area (TPSA) is 69.2 Å². The van der Waals surface area contributed by atoms with Crippen LogP contribution >= 0.6 is 0 Å². The van der Waals surface area contributed by atoms with Gasteiger partial charge in [0.05, 0.1) is 0 Å². The fourth-order valence-electron chi connectivity index (χ4n) is 0.340. The maximum absolute atomic E-state index is 8.25. The van der Waals surface area contributed by atoms with Crippen molar-refractivity contribution in [3.8, 4) is 0 Å². The quantitative estimate of drug-likeness (QED) is 0.477. The molecule has 0 atom stereocenters. The van der Waals surface area contributed by atoms with Gasteiger partial charge in [0.2, 0.25) is 0 Å². The van der Waals surface area contributed by atoms with E-state index in [1.54, 1.807) is 0 Å². The van der Waals surface area contributed by atoms with E-state index in [0.717, 1.165) is 27.8 Å². The average Bonchev–Trinajstić information content (AvgIpc) is 2.71. The molecule has 0 spiro atoms. The maximum Gasteiger partial charge on any atom is 4.00 e. The third-order valence-electron chi connectivity index (χ3n) is 0.586. The molecule has 1 aliphatic carbocycles. The summed E-state index contributed by atoms with van der Waals surface area (Å²) in [4.78, 5) is 0. The first-order valence-electron chi connectivity index (χ1n) is 2.94. The van der Waals surface area contributed by atoms with Crippen LogP contribution in [0.15, 0.2) is 18.2 Å². The average molecular weight is 249 g/mol. The molecule has 0 aromatic rings. The molecule has 0 aromatic carbocycles. The summed E-state index contributed by atoms with van der Waals surface area (Å²) in [6.45, 7) is 0. The molecule has 0 amide bonds. The smallest absolute Gasteiger partial charge is 0.857 e. The molecule has 0 unspecified atom stereocenters. The molecule has 0 saturated heterocycles. The SMILES string of the molecule is C[O-].C[O-].C[O-].[C-]1=CC=CC1.[Zr+4]. The van der Waals surface area contributed by atoms with Crippen molar-refractivity contribution in [1.82, 2.24) is 0 Å². The van der Waals surface area contributed by atoms with Crippen molar-refractivity contribution in [3.63, 3.8) is 0 Å². The van der Waals surface area contributed by atoms with Crippen molar-refractivity contribution in [2.24, 2.45) is 0 Å². The zero-order valence-corrected chi connectivity index (χ0v) is 10.1. The molecule has 0 aromatic heterocycles.